The minimum atomic E-state index is -0.422. The summed E-state index contributed by atoms with van der Waals surface area (Å²) in [6.07, 6.45) is 2.08. The molecule has 0 N–H and O–H groups in total. The van der Waals surface area contributed by atoms with Crippen LogP contribution in [0.2, 0.25) is 5.28 Å². The van der Waals surface area contributed by atoms with Gasteiger partial charge in [0.15, 0.2) is 0 Å². The summed E-state index contributed by atoms with van der Waals surface area (Å²) in [6.45, 7) is 6.79. The molecule has 10 heteroatoms. The van der Waals surface area contributed by atoms with Crippen LogP contribution in [-0.2, 0) is 29.6 Å². The van der Waals surface area contributed by atoms with Crippen LogP contribution in [0.25, 0.3) is 0 Å². The number of amides is 1. The summed E-state index contributed by atoms with van der Waals surface area (Å²) in [5.41, 5.74) is 4.93. The van der Waals surface area contributed by atoms with E-state index in [0.29, 0.717) is 26.1 Å². The van der Waals surface area contributed by atoms with E-state index in [0.717, 1.165) is 47.7 Å². The number of halogens is 2. The highest BCUT2D eigenvalue weighted by Gasteiger charge is 2.41. The molecule has 218 valence electrons. The van der Waals surface area contributed by atoms with Crippen molar-refractivity contribution < 1.29 is 13.9 Å². The first-order chi connectivity index (χ1) is 20.2. The van der Waals surface area contributed by atoms with Gasteiger partial charge in [0.05, 0.1) is 24.2 Å². The van der Waals surface area contributed by atoms with Crippen molar-refractivity contribution in [3.63, 3.8) is 0 Å². The van der Waals surface area contributed by atoms with E-state index in [2.05, 4.69) is 39.7 Å². The molecule has 1 saturated heterocycles. The third kappa shape index (κ3) is 5.48. The van der Waals surface area contributed by atoms with Crippen molar-refractivity contribution in [2.75, 3.05) is 36.0 Å². The Balaban J connectivity index is 1.19. The quantitative estimate of drug-likeness (QED) is 0.355. The van der Waals surface area contributed by atoms with E-state index in [1.165, 1.54) is 5.56 Å². The molecule has 3 heterocycles. The molecule has 6 rings (SSSR count). The Hall–Kier alpha value is -3.90. The van der Waals surface area contributed by atoms with Crippen LogP contribution >= 0.6 is 11.6 Å². The molecule has 0 spiro atoms. The lowest BCUT2D eigenvalue weighted by atomic mass is 9.87. The normalized spacial score (nSPS) is 21.0. The first kappa shape index (κ1) is 28.2. The lowest BCUT2D eigenvalue weighted by molar-refractivity contribution is 0.0768. The van der Waals surface area contributed by atoms with E-state index in [-0.39, 0.29) is 41.6 Å². The van der Waals surface area contributed by atoms with E-state index in [9.17, 15) is 14.4 Å². The average Bonchev–Trinajstić information content (AvgIpc) is 3.25. The number of aromatic nitrogens is 2. The van der Waals surface area contributed by atoms with E-state index >= 15 is 0 Å². The molecular formula is C32H34ClFN6O2. The van der Waals surface area contributed by atoms with Crippen molar-refractivity contribution in [1.82, 2.24) is 14.9 Å². The number of hydrogen-bond donors (Lipinski definition) is 0. The molecule has 1 unspecified atom stereocenters. The van der Waals surface area contributed by atoms with E-state index in [1.54, 1.807) is 17.0 Å². The van der Waals surface area contributed by atoms with Gasteiger partial charge < -0.3 is 19.4 Å². The molecule has 1 fully saturated rings. The zero-order valence-corrected chi connectivity index (χ0v) is 24.6. The van der Waals surface area contributed by atoms with Crippen LogP contribution in [0.15, 0.2) is 48.5 Å². The molecule has 2 atom stereocenters. The van der Waals surface area contributed by atoms with Crippen LogP contribution < -0.4 is 9.80 Å². The lowest BCUT2D eigenvalue weighted by Crippen LogP contribution is -2.55. The third-order valence-electron chi connectivity index (χ3n) is 8.75. The van der Waals surface area contributed by atoms with Gasteiger partial charge in [0, 0.05) is 55.3 Å². The van der Waals surface area contributed by atoms with Crippen LogP contribution in [0.4, 0.5) is 20.7 Å². The number of anilines is 2. The number of rotatable bonds is 5. The van der Waals surface area contributed by atoms with Gasteiger partial charge >= 0.3 is 6.09 Å². The van der Waals surface area contributed by atoms with Crippen LogP contribution in [0.3, 0.4) is 0 Å². The standard InChI is InChI=1S/C32H34ClFN6O2/c1-32(2)20-40(28-16-22(34)8-11-26(28)32)23-9-10-25-27(17-23)36-30(33)37-29(25)38-14-15-39(24(18-38)12-13-35)31(41)42-19-21-6-4-3-5-7-21/h3-8,11,16,23-24H,9-10,12,14-15,17-20H2,1-2H3/t23?,24-/m0/s1. The summed E-state index contributed by atoms with van der Waals surface area (Å²) >= 11 is 6.48. The largest absolute Gasteiger partial charge is 0.445 e. The van der Waals surface area contributed by atoms with Gasteiger partial charge in [0.25, 0.3) is 0 Å². The second-order valence-electron chi connectivity index (χ2n) is 12.0. The maximum Gasteiger partial charge on any atom is 0.410 e. The van der Waals surface area contributed by atoms with Crippen molar-refractivity contribution in [1.29, 1.82) is 5.26 Å². The fourth-order valence-electron chi connectivity index (χ4n) is 6.68. The monoisotopic (exact) mass is 588 g/mol. The van der Waals surface area contributed by atoms with E-state index in [1.807, 2.05) is 36.4 Å². The number of carbonyl (C=O) groups excluding carboxylic acids is 1. The van der Waals surface area contributed by atoms with Gasteiger partial charge in [-0.05, 0) is 47.7 Å². The number of nitriles is 1. The van der Waals surface area contributed by atoms with Crippen molar-refractivity contribution >= 4 is 29.2 Å². The fourth-order valence-corrected chi connectivity index (χ4v) is 6.87. The number of fused-ring (bicyclic) bond motifs is 2. The summed E-state index contributed by atoms with van der Waals surface area (Å²) in [5.74, 6) is 0.548. The number of piperazine rings is 1. The number of carbonyl (C=O) groups is 1. The summed E-state index contributed by atoms with van der Waals surface area (Å²) < 4.78 is 19.9. The van der Waals surface area contributed by atoms with Gasteiger partial charge in [-0.1, -0.05) is 50.2 Å². The Morgan fingerprint density at radius 3 is 2.79 bits per heavy atom. The summed E-state index contributed by atoms with van der Waals surface area (Å²) in [7, 11) is 0. The van der Waals surface area contributed by atoms with Crippen molar-refractivity contribution in [2.24, 2.45) is 0 Å². The smallest absolute Gasteiger partial charge is 0.410 e. The topological polar surface area (TPSA) is 85.6 Å². The second kappa shape index (κ2) is 11.4. The van der Waals surface area contributed by atoms with Gasteiger partial charge in [-0.15, -0.1) is 0 Å². The van der Waals surface area contributed by atoms with Gasteiger partial charge in [-0.25, -0.2) is 19.2 Å². The molecule has 0 bridgehead atoms. The molecule has 42 heavy (non-hydrogen) atoms. The van der Waals surface area contributed by atoms with Gasteiger partial charge in [-0.2, -0.15) is 5.26 Å². The van der Waals surface area contributed by atoms with E-state index < -0.39 is 6.09 Å². The third-order valence-corrected chi connectivity index (χ3v) is 8.92. The summed E-state index contributed by atoms with van der Waals surface area (Å²) in [4.78, 5) is 28.4. The molecule has 8 nitrogen and oxygen atoms in total. The fraction of sp³-hybridized carbons (Fsp3) is 0.438. The number of nitrogens with zero attached hydrogens (tertiary/aromatic N) is 6. The predicted octanol–water partition coefficient (Wildman–Crippen LogP) is 5.67. The first-order valence-electron chi connectivity index (χ1n) is 14.4. The predicted molar refractivity (Wildman–Crippen MR) is 159 cm³/mol. The van der Waals surface area contributed by atoms with Crippen molar-refractivity contribution in [2.45, 2.75) is 63.6 Å². The minimum Gasteiger partial charge on any atom is -0.445 e. The average molecular weight is 589 g/mol. The second-order valence-corrected chi connectivity index (χ2v) is 12.3. The molecule has 0 saturated carbocycles. The zero-order valence-electron chi connectivity index (χ0n) is 23.9. The molecule has 1 amide bonds. The van der Waals surface area contributed by atoms with Gasteiger partial charge in [0.1, 0.15) is 18.2 Å². The Bertz CT molecular complexity index is 1530. The molecule has 3 aliphatic rings. The maximum absolute atomic E-state index is 14.3. The first-order valence-corrected chi connectivity index (χ1v) is 14.8. The summed E-state index contributed by atoms with van der Waals surface area (Å²) in [5, 5.41) is 9.73. The van der Waals surface area contributed by atoms with Crippen molar-refractivity contribution in [3.8, 4) is 6.07 Å². The number of ether oxygens (including phenoxy) is 1. The highest BCUT2D eigenvalue weighted by molar-refractivity contribution is 6.28. The molecule has 2 aliphatic heterocycles. The SMILES string of the molecule is CC1(C)CN(C2CCc3c(nc(Cl)nc3N3CCN(C(=O)OCc4ccccc4)[C@@H](CC#N)C3)C2)c2cc(F)ccc21. The Morgan fingerprint density at radius 2 is 2.00 bits per heavy atom. The highest BCUT2D eigenvalue weighted by Crippen LogP contribution is 2.44. The Morgan fingerprint density at radius 1 is 1.19 bits per heavy atom. The van der Waals surface area contributed by atoms with Gasteiger partial charge in [-0.3, -0.25) is 0 Å². The van der Waals surface area contributed by atoms with Crippen LogP contribution in [0.5, 0.6) is 0 Å². The lowest BCUT2D eigenvalue weighted by Gasteiger charge is -2.42. The van der Waals surface area contributed by atoms with Crippen LogP contribution in [0, 0.1) is 17.1 Å². The van der Waals surface area contributed by atoms with Crippen LogP contribution in [-0.4, -0.2) is 59.2 Å². The summed E-state index contributed by atoms with van der Waals surface area (Å²) in [6, 6.07) is 16.7. The molecular weight excluding hydrogens is 555 g/mol. The maximum atomic E-state index is 14.3. The molecule has 0 radical (unpaired) electrons. The van der Waals surface area contributed by atoms with Gasteiger partial charge in [0.2, 0.25) is 5.28 Å². The molecule has 1 aromatic heterocycles. The molecule has 3 aromatic rings. The van der Waals surface area contributed by atoms with E-state index in [4.69, 9.17) is 16.3 Å². The minimum absolute atomic E-state index is 0.0739. The highest BCUT2D eigenvalue weighted by atomic mass is 35.5. The number of benzene rings is 2. The molecule has 2 aromatic carbocycles. The molecule has 1 aliphatic carbocycles. The Labute approximate surface area is 250 Å². The Kier molecular flexibility index (Phi) is 7.67. The van der Waals surface area contributed by atoms with Crippen molar-refractivity contribution in [3.05, 3.63) is 82.0 Å². The zero-order chi connectivity index (χ0) is 29.4. The number of hydrogen-bond acceptors (Lipinski definition) is 7. The van der Waals surface area contributed by atoms with Crippen LogP contribution in [0.1, 0.15) is 49.1 Å².